The number of carbonyl (C=O) groups excluding carboxylic acids is 1. The van der Waals surface area contributed by atoms with Crippen molar-refractivity contribution in [1.82, 2.24) is 9.55 Å². The molecule has 5 rings (SSSR count). The van der Waals surface area contributed by atoms with Gasteiger partial charge in [0.2, 0.25) is 0 Å². The Bertz CT molecular complexity index is 1220. The lowest BCUT2D eigenvalue weighted by Gasteiger charge is -2.36. The van der Waals surface area contributed by atoms with E-state index >= 15 is 0 Å². The van der Waals surface area contributed by atoms with Crippen molar-refractivity contribution >= 4 is 17.5 Å². The van der Waals surface area contributed by atoms with E-state index in [1.54, 1.807) is 11.6 Å². The number of rotatable bonds is 4. The Kier molecular flexibility index (Phi) is 5.09. The number of fused-ring (bicyclic) bond motifs is 4. The molecule has 5 heteroatoms. The first-order valence-electron chi connectivity index (χ1n) is 10.9. The van der Waals surface area contributed by atoms with Gasteiger partial charge in [0.15, 0.2) is 10.9 Å². The molecule has 0 bridgehead atoms. The highest BCUT2D eigenvalue weighted by Gasteiger charge is 2.44. The van der Waals surface area contributed by atoms with E-state index in [4.69, 9.17) is 4.98 Å². The smallest absolute Gasteiger partial charge is 0.258 e. The van der Waals surface area contributed by atoms with E-state index in [-0.39, 0.29) is 22.5 Å². The maximum atomic E-state index is 13.6. The number of aryl methyl sites for hydroxylation is 1. The van der Waals surface area contributed by atoms with E-state index in [2.05, 4.69) is 18.2 Å². The average molecular weight is 431 g/mol. The van der Waals surface area contributed by atoms with Crippen molar-refractivity contribution in [2.24, 2.45) is 7.05 Å². The summed E-state index contributed by atoms with van der Waals surface area (Å²) in [5, 5.41) is 0.606. The second-order valence-electron chi connectivity index (χ2n) is 8.88. The number of ketones is 1. The van der Waals surface area contributed by atoms with Gasteiger partial charge in [0, 0.05) is 23.6 Å². The first-order valence-corrected chi connectivity index (χ1v) is 11.9. The van der Waals surface area contributed by atoms with Crippen molar-refractivity contribution in [3.63, 3.8) is 0 Å². The van der Waals surface area contributed by atoms with Crippen LogP contribution < -0.4 is 5.56 Å². The Labute approximate surface area is 186 Å². The zero-order valence-corrected chi connectivity index (χ0v) is 18.8. The summed E-state index contributed by atoms with van der Waals surface area (Å²) < 4.78 is 1.65. The number of aromatic nitrogens is 2. The lowest BCUT2D eigenvalue weighted by Crippen LogP contribution is -2.39. The van der Waals surface area contributed by atoms with Gasteiger partial charge in [0.05, 0.1) is 17.0 Å². The van der Waals surface area contributed by atoms with Crippen LogP contribution in [0.4, 0.5) is 0 Å². The highest BCUT2D eigenvalue weighted by molar-refractivity contribution is 7.99. The molecule has 4 nitrogen and oxygen atoms in total. The van der Waals surface area contributed by atoms with Gasteiger partial charge < -0.3 is 0 Å². The van der Waals surface area contributed by atoms with Gasteiger partial charge in [-0.15, -0.1) is 0 Å². The zero-order chi connectivity index (χ0) is 21.6. The average Bonchev–Trinajstić information content (AvgIpc) is 3.23. The van der Waals surface area contributed by atoms with Crippen LogP contribution in [0.25, 0.3) is 11.3 Å². The first kappa shape index (κ1) is 20.3. The van der Waals surface area contributed by atoms with Crippen molar-refractivity contribution in [1.29, 1.82) is 0 Å². The van der Waals surface area contributed by atoms with Gasteiger partial charge in [-0.05, 0) is 31.7 Å². The SMILES string of the molecule is Cc1ccc(C(=O)CSc2nc3c(c(=O)n2C)C2(CCCC2)Cc2ccccc2-3)cc1. The van der Waals surface area contributed by atoms with Crippen molar-refractivity contribution in [2.45, 2.75) is 49.6 Å². The Balaban J connectivity index is 1.54. The fraction of sp³-hybridized carbons (Fsp3) is 0.346. The molecule has 31 heavy (non-hydrogen) atoms. The molecule has 1 heterocycles. The highest BCUT2D eigenvalue weighted by Crippen LogP contribution is 2.49. The second kappa shape index (κ2) is 7.79. The number of Topliss-reactive ketones (excluding diaryl/α,β-unsaturated/α-hetero) is 1. The van der Waals surface area contributed by atoms with Crippen LogP contribution in [0.3, 0.4) is 0 Å². The molecule has 1 spiro atoms. The van der Waals surface area contributed by atoms with Crippen molar-refractivity contribution in [3.05, 3.63) is 81.1 Å². The Hall–Kier alpha value is -2.66. The molecule has 0 radical (unpaired) electrons. The van der Waals surface area contributed by atoms with Crippen LogP contribution >= 0.6 is 11.8 Å². The molecule has 2 aliphatic rings. The molecule has 1 saturated carbocycles. The molecule has 0 N–H and O–H groups in total. The van der Waals surface area contributed by atoms with Gasteiger partial charge in [-0.25, -0.2) is 4.98 Å². The summed E-state index contributed by atoms with van der Waals surface area (Å²) in [6, 6.07) is 16.0. The summed E-state index contributed by atoms with van der Waals surface area (Å²) in [5.74, 6) is 0.305. The van der Waals surface area contributed by atoms with Crippen molar-refractivity contribution in [3.8, 4) is 11.3 Å². The third-order valence-electron chi connectivity index (χ3n) is 6.85. The molecule has 2 aliphatic carbocycles. The first-order chi connectivity index (χ1) is 15.0. The molecule has 0 saturated heterocycles. The van der Waals surface area contributed by atoms with Gasteiger partial charge in [-0.1, -0.05) is 78.7 Å². The summed E-state index contributed by atoms with van der Waals surface area (Å²) in [5.41, 5.74) is 5.85. The van der Waals surface area contributed by atoms with E-state index in [0.717, 1.165) is 54.5 Å². The minimum atomic E-state index is -0.0908. The molecule has 0 aliphatic heterocycles. The Morgan fingerprint density at radius 3 is 2.55 bits per heavy atom. The molecule has 158 valence electrons. The molecular formula is C26H26N2O2S. The van der Waals surface area contributed by atoms with Gasteiger partial charge in [0.25, 0.3) is 5.56 Å². The summed E-state index contributed by atoms with van der Waals surface area (Å²) in [6.45, 7) is 2.00. The fourth-order valence-electron chi connectivity index (χ4n) is 5.17. The Morgan fingerprint density at radius 2 is 1.81 bits per heavy atom. The predicted molar refractivity (Wildman–Crippen MR) is 125 cm³/mol. The van der Waals surface area contributed by atoms with Crippen LogP contribution in [0.2, 0.25) is 0 Å². The zero-order valence-electron chi connectivity index (χ0n) is 18.0. The minimum absolute atomic E-state index is 0.0460. The molecular weight excluding hydrogens is 404 g/mol. The third-order valence-corrected chi connectivity index (χ3v) is 7.88. The Morgan fingerprint density at radius 1 is 1.10 bits per heavy atom. The van der Waals surface area contributed by atoms with Crippen LogP contribution in [0.1, 0.15) is 52.7 Å². The summed E-state index contributed by atoms with van der Waals surface area (Å²) in [7, 11) is 1.79. The largest absolute Gasteiger partial charge is 0.293 e. The quantitative estimate of drug-likeness (QED) is 0.328. The van der Waals surface area contributed by atoms with E-state index < -0.39 is 0 Å². The van der Waals surface area contributed by atoms with Crippen LogP contribution in [0.5, 0.6) is 0 Å². The van der Waals surface area contributed by atoms with Gasteiger partial charge in [-0.2, -0.15) is 0 Å². The standard InChI is InChI=1S/C26H26N2O2S/c1-17-9-11-18(12-10-17)21(29)16-31-25-27-23-20-8-4-3-7-19(20)15-26(13-5-6-14-26)22(23)24(30)28(25)2/h3-4,7-12H,5-6,13-16H2,1-2H3. The van der Waals surface area contributed by atoms with Crippen LogP contribution in [0.15, 0.2) is 58.5 Å². The molecule has 0 amide bonds. The van der Waals surface area contributed by atoms with E-state index in [9.17, 15) is 9.59 Å². The van der Waals surface area contributed by atoms with Gasteiger partial charge >= 0.3 is 0 Å². The number of thioether (sulfide) groups is 1. The molecule has 2 aromatic carbocycles. The van der Waals surface area contributed by atoms with Crippen molar-refractivity contribution in [2.75, 3.05) is 5.75 Å². The van der Waals surface area contributed by atoms with Crippen LogP contribution in [0, 0.1) is 6.92 Å². The van der Waals surface area contributed by atoms with Crippen molar-refractivity contribution < 1.29 is 4.79 Å². The van der Waals surface area contributed by atoms with Crippen LogP contribution in [-0.2, 0) is 18.9 Å². The summed E-state index contributed by atoms with van der Waals surface area (Å²) in [6.07, 6.45) is 5.33. The molecule has 1 fully saturated rings. The predicted octanol–water partition coefficient (Wildman–Crippen LogP) is 5.10. The minimum Gasteiger partial charge on any atom is -0.293 e. The lowest BCUT2D eigenvalue weighted by molar-refractivity contribution is 0.102. The number of hydrogen-bond acceptors (Lipinski definition) is 4. The molecule has 3 aromatic rings. The monoisotopic (exact) mass is 430 g/mol. The maximum Gasteiger partial charge on any atom is 0.258 e. The molecule has 1 aromatic heterocycles. The fourth-order valence-corrected chi connectivity index (χ4v) is 6.03. The summed E-state index contributed by atoms with van der Waals surface area (Å²) in [4.78, 5) is 31.3. The van der Waals surface area contributed by atoms with Gasteiger partial charge in [-0.3, -0.25) is 14.2 Å². The number of benzene rings is 2. The van der Waals surface area contributed by atoms with Crippen LogP contribution in [-0.4, -0.2) is 21.1 Å². The maximum absolute atomic E-state index is 13.6. The lowest BCUT2D eigenvalue weighted by atomic mass is 9.68. The number of carbonyl (C=O) groups is 1. The second-order valence-corrected chi connectivity index (χ2v) is 9.82. The van der Waals surface area contributed by atoms with E-state index in [1.165, 1.54) is 17.3 Å². The van der Waals surface area contributed by atoms with E-state index in [0.29, 0.717) is 10.7 Å². The number of hydrogen-bond donors (Lipinski definition) is 0. The molecule has 0 unspecified atom stereocenters. The topological polar surface area (TPSA) is 52.0 Å². The highest BCUT2D eigenvalue weighted by atomic mass is 32.2. The summed E-state index contributed by atoms with van der Waals surface area (Å²) >= 11 is 1.35. The molecule has 0 atom stereocenters. The third kappa shape index (κ3) is 3.45. The normalized spacial score (nSPS) is 16.2. The van der Waals surface area contributed by atoms with Gasteiger partial charge in [0.1, 0.15) is 0 Å². The van der Waals surface area contributed by atoms with E-state index in [1.807, 2.05) is 37.3 Å². The number of nitrogens with zero attached hydrogens (tertiary/aromatic N) is 2.